The Morgan fingerprint density at radius 3 is 2.56 bits per heavy atom. The van der Waals surface area contributed by atoms with Crippen molar-refractivity contribution in [1.82, 2.24) is 10.2 Å². The Kier molecular flexibility index (Phi) is 4.22. The third kappa shape index (κ3) is 3.02. The monoisotopic (exact) mass is 254 g/mol. The van der Waals surface area contributed by atoms with Gasteiger partial charge in [0.1, 0.15) is 0 Å². The molecular weight excluding hydrogens is 232 g/mol. The number of nitrogens with zero attached hydrogens (tertiary/aromatic N) is 1. The van der Waals surface area contributed by atoms with Crippen LogP contribution >= 0.6 is 0 Å². The summed E-state index contributed by atoms with van der Waals surface area (Å²) in [5.41, 5.74) is 0. The second kappa shape index (κ2) is 5.69. The average molecular weight is 254 g/mol. The zero-order chi connectivity index (χ0) is 13.1. The molecule has 5 heteroatoms. The number of hydrogen-bond donors (Lipinski definition) is 2. The minimum Gasteiger partial charge on any atom is -0.391 e. The summed E-state index contributed by atoms with van der Waals surface area (Å²) < 4.78 is 0. The molecule has 2 aliphatic rings. The second-order valence-electron chi connectivity index (χ2n) is 5.42. The van der Waals surface area contributed by atoms with E-state index in [-0.39, 0.29) is 23.8 Å². The lowest BCUT2D eigenvalue weighted by Gasteiger charge is -2.29. The quantitative estimate of drug-likeness (QED) is 0.743. The standard InChI is InChI=1S/C13H22N2O3/c1-9(16)15-7-6-10(8-15)13(18)14-11-4-2-3-5-12(11)17/h10-12,17H,2-8H2,1H3,(H,14,18). The third-order valence-corrected chi connectivity index (χ3v) is 4.06. The van der Waals surface area contributed by atoms with Gasteiger partial charge in [-0.2, -0.15) is 0 Å². The van der Waals surface area contributed by atoms with E-state index in [1.807, 2.05) is 0 Å². The van der Waals surface area contributed by atoms with Crippen LogP contribution < -0.4 is 5.32 Å². The van der Waals surface area contributed by atoms with Gasteiger partial charge in [-0.15, -0.1) is 0 Å². The van der Waals surface area contributed by atoms with E-state index < -0.39 is 6.10 Å². The number of carbonyl (C=O) groups is 2. The van der Waals surface area contributed by atoms with Gasteiger partial charge in [-0.1, -0.05) is 12.8 Å². The Labute approximate surface area is 108 Å². The van der Waals surface area contributed by atoms with Crippen molar-refractivity contribution in [2.75, 3.05) is 13.1 Å². The van der Waals surface area contributed by atoms with E-state index in [1.165, 1.54) is 6.92 Å². The smallest absolute Gasteiger partial charge is 0.225 e. The predicted octanol–water partition coefficient (Wildman–Crippen LogP) is 0.274. The molecular formula is C13H22N2O3. The van der Waals surface area contributed by atoms with Crippen LogP contribution in [0, 0.1) is 5.92 Å². The summed E-state index contributed by atoms with van der Waals surface area (Å²) in [6.45, 7) is 2.72. The highest BCUT2D eigenvalue weighted by atomic mass is 16.3. The number of amides is 2. The molecule has 5 nitrogen and oxygen atoms in total. The van der Waals surface area contributed by atoms with Gasteiger partial charge >= 0.3 is 0 Å². The zero-order valence-electron chi connectivity index (χ0n) is 10.9. The lowest BCUT2D eigenvalue weighted by atomic mass is 9.92. The molecule has 1 aliphatic heterocycles. The van der Waals surface area contributed by atoms with Gasteiger partial charge in [0, 0.05) is 20.0 Å². The molecule has 2 fully saturated rings. The van der Waals surface area contributed by atoms with E-state index in [4.69, 9.17) is 0 Å². The molecule has 1 aliphatic carbocycles. The minimum absolute atomic E-state index is 0.00954. The van der Waals surface area contributed by atoms with E-state index >= 15 is 0 Å². The summed E-state index contributed by atoms with van der Waals surface area (Å²) in [4.78, 5) is 25.0. The fraction of sp³-hybridized carbons (Fsp3) is 0.846. The van der Waals surface area contributed by atoms with Crippen molar-refractivity contribution in [3.8, 4) is 0 Å². The van der Waals surface area contributed by atoms with Gasteiger partial charge in [0.2, 0.25) is 11.8 Å². The van der Waals surface area contributed by atoms with Crippen LogP contribution in [-0.4, -0.2) is 47.1 Å². The van der Waals surface area contributed by atoms with Crippen molar-refractivity contribution >= 4 is 11.8 Å². The zero-order valence-corrected chi connectivity index (χ0v) is 10.9. The van der Waals surface area contributed by atoms with E-state index in [9.17, 15) is 14.7 Å². The molecule has 18 heavy (non-hydrogen) atoms. The number of carbonyl (C=O) groups excluding carboxylic acids is 2. The predicted molar refractivity (Wildman–Crippen MR) is 66.8 cm³/mol. The van der Waals surface area contributed by atoms with Gasteiger partial charge in [-0.3, -0.25) is 9.59 Å². The van der Waals surface area contributed by atoms with E-state index in [0.717, 1.165) is 32.1 Å². The summed E-state index contributed by atoms with van der Waals surface area (Å²) >= 11 is 0. The van der Waals surface area contributed by atoms with Crippen molar-refractivity contribution < 1.29 is 14.7 Å². The van der Waals surface area contributed by atoms with Crippen LogP contribution in [0.25, 0.3) is 0 Å². The lowest BCUT2D eigenvalue weighted by molar-refractivity contribution is -0.129. The summed E-state index contributed by atoms with van der Waals surface area (Å²) in [5.74, 6) is -0.0873. The molecule has 2 rings (SSSR count). The molecule has 1 saturated heterocycles. The Morgan fingerprint density at radius 2 is 1.94 bits per heavy atom. The van der Waals surface area contributed by atoms with Crippen LogP contribution in [0.4, 0.5) is 0 Å². The van der Waals surface area contributed by atoms with Crippen molar-refractivity contribution in [3.05, 3.63) is 0 Å². The van der Waals surface area contributed by atoms with Gasteiger partial charge in [0.15, 0.2) is 0 Å². The van der Waals surface area contributed by atoms with Crippen molar-refractivity contribution in [1.29, 1.82) is 0 Å². The first kappa shape index (κ1) is 13.3. The Bertz CT molecular complexity index is 332. The molecule has 1 saturated carbocycles. The Balaban J connectivity index is 1.83. The molecule has 0 bridgehead atoms. The normalized spacial score (nSPS) is 32.3. The Hall–Kier alpha value is -1.10. The summed E-state index contributed by atoms with van der Waals surface area (Å²) in [6, 6.07) is -0.0994. The number of aliphatic hydroxyl groups excluding tert-OH is 1. The van der Waals surface area contributed by atoms with Crippen LogP contribution in [0.15, 0.2) is 0 Å². The number of nitrogens with one attached hydrogen (secondary N) is 1. The molecule has 0 spiro atoms. The van der Waals surface area contributed by atoms with Crippen LogP contribution in [0.5, 0.6) is 0 Å². The molecule has 3 atom stereocenters. The van der Waals surface area contributed by atoms with Crippen LogP contribution in [0.2, 0.25) is 0 Å². The minimum atomic E-state index is -0.409. The topological polar surface area (TPSA) is 69.6 Å². The number of hydrogen-bond acceptors (Lipinski definition) is 3. The van der Waals surface area contributed by atoms with Gasteiger partial charge in [-0.25, -0.2) is 0 Å². The molecule has 2 N–H and O–H groups in total. The first-order valence-corrected chi connectivity index (χ1v) is 6.82. The summed E-state index contributed by atoms with van der Waals surface area (Å²) in [7, 11) is 0. The SMILES string of the molecule is CC(=O)N1CCC(C(=O)NC2CCCCC2O)C1. The number of rotatable bonds is 2. The summed E-state index contributed by atoms with van der Waals surface area (Å²) in [5, 5.41) is 12.8. The fourth-order valence-electron chi connectivity index (χ4n) is 2.84. The average Bonchev–Trinajstić information content (AvgIpc) is 2.81. The van der Waals surface area contributed by atoms with Crippen molar-refractivity contribution in [3.63, 3.8) is 0 Å². The maximum absolute atomic E-state index is 12.1. The van der Waals surface area contributed by atoms with Crippen LogP contribution in [0.1, 0.15) is 39.0 Å². The molecule has 3 unspecified atom stereocenters. The molecule has 102 valence electrons. The van der Waals surface area contributed by atoms with Crippen molar-refractivity contribution in [2.24, 2.45) is 5.92 Å². The Morgan fingerprint density at radius 1 is 1.22 bits per heavy atom. The largest absolute Gasteiger partial charge is 0.391 e. The molecule has 0 aromatic heterocycles. The molecule has 0 aromatic carbocycles. The molecule has 2 amide bonds. The van der Waals surface area contributed by atoms with E-state index in [1.54, 1.807) is 4.90 Å². The van der Waals surface area contributed by atoms with Crippen LogP contribution in [-0.2, 0) is 9.59 Å². The van der Waals surface area contributed by atoms with E-state index in [2.05, 4.69) is 5.32 Å². The van der Waals surface area contributed by atoms with Gasteiger partial charge in [-0.05, 0) is 19.3 Å². The molecule has 0 radical (unpaired) electrons. The van der Waals surface area contributed by atoms with Crippen molar-refractivity contribution in [2.45, 2.75) is 51.2 Å². The van der Waals surface area contributed by atoms with Gasteiger partial charge in [0.25, 0.3) is 0 Å². The molecule has 0 aromatic rings. The van der Waals surface area contributed by atoms with Gasteiger partial charge in [0.05, 0.1) is 18.1 Å². The highest BCUT2D eigenvalue weighted by Gasteiger charge is 2.32. The highest BCUT2D eigenvalue weighted by molar-refractivity contribution is 5.81. The fourth-order valence-corrected chi connectivity index (χ4v) is 2.84. The van der Waals surface area contributed by atoms with E-state index in [0.29, 0.717) is 13.1 Å². The third-order valence-electron chi connectivity index (χ3n) is 4.06. The second-order valence-corrected chi connectivity index (χ2v) is 5.42. The summed E-state index contributed by atoms with van der Waals surface area (Å²) in [6.07, 6.45) is 4.05. The number of likely N-dealkylation sites (tertiary alicyclic amines) is 1. The highest BCUT2D eigenvalue weighted by Crippen LogP contribution is 2.21. The maximum atomic E-state index is 12.1. The van der Waals surface area contributed by atoms with Crippen LogP contribution in [0.3, 0.4) is 0 Å². The van der Waals surface area contributed by atoms with Gasteiger partial charge < -0.3 is 15.3 Å². The number of aliphatic hydroxyl groups is 1. The first-order valence-electron chi connectivity index (χ1n) is 6.82. The first-order chi connectivity index (χ1) is 8.58. The lowest BCUT2D eigenvalue weighted by Crippen LogP contribution is -2.47. The maximum Gasteiger partial charge on any atom is 0.225 e. The molecule has 1 heterocycles.